The van der Waals surface area contributed by atoms with Crippen molar-refractivity contribution in [2.75, 3.05) is 46.0 Å². The van der Waals surface area contributed by atoms with Crippen molar-refractivity contribution in [2.24, 2.45) is 0 Å². The summed E-state index contributed by atoms with van der Waals surface area (Å²) in [7, 11) is 0. The van der Waals surface area contributed by atoms with Crippen LogP contribution in [0, 0.1) is 0 Å². The van der Waals surface area contributed by atoms with Gasteiger partial charge in [0.15, 0.2) is 0 Å². The molecule has 5 nitrogen and oxygen atoms in total. The highest BCUT2D eigenvalue weighted by Gasteiger charge is 2.15. The number of hydrogen-bond acceptors (Lipinski definition) is 5. The van der Waals surface area contributed by atoms with Crippen LogP contribution in [0.1, 0.15) is 12.5 Å². The average Bonchev–Trinajstić information content (AvgIpc) is 2.54. The van der Waals surface area contributed by atoms with Crippen LogP contribution < -0.4 is 10.1 Å². The molecule has 1 aliphatic heterocycles. The zero-order valence-electron chi connectivity index (χ0n) is 14.0. The van der Waals surface area contributed by atoms with Crippen molar-refractivity contribution in [1.29, 1.82) is 0 Å². The van der Waals surface area contributed by atoms with E-state index in [1.807, 2.05) is 25.1 Å². The van der Waals surface area contributed by atoms with Crippen molar-refractivity contribution in [2.45, 2.75) is 19.6 Å². The lowest BCUT2D eigenvalue weighted by atomic mass is 10.2. The molecule has 1 atom stereocenters. The monoisotopic (exact) mass is 320 g/mol. The van der Waals surface area contributed by atoms with Crippen molar-refractivity contribution >= 4 is 0 Å². The molecule has 1 unspecified atom stereocenters. The summed E-state index contributed by atoms with van der Waals surface area (Å²) in [6, 6.07) is 7.96. The molecule has 0 radical (unpaired) electrons. The Morgan fingerprint density at radius 1 is 1.43 bits per heavy atom. The standard InChI is InChI=1S/C18H28N2O3/c1-15(2)11-19-12-16-4-3-5-18(10-16)23-14-17(21)13-20-6-8-22-9-7-20/h3-5,10,17,19,21H,1,6-9,11-14H2,2H3. The SMILES string of the molecule is C=C(C)CNCc1cccc(OCC(O)CN2CCOCC2)c1. The summed E-state index contributed by atoms with van der Waals surface area (Å²) in [4.78, 5) is 2.20. The number of aliphatic hydroxyl groups excluding tert-OH is 1. The van der Waals surface area contributed by atoms with Crippen LogP contribution in [-0.2, 0) is 11.3 Å². The fraction of sp³-hybridized carbons (Fsp3) is 0.556. The van der Waals surface area contributed by atoms with Gasteiger partial charge in [-0.05, 0) is 24.6 Å². The maximum absolute atomic E-state index is 10.1. The minimum Gasteiger partial charge on any atom is -0.491 e. The summed E-state index contributed by atoms with van der Waals surface area (Å²) in [6.45, 7) is 11.6. The summed E-state index contributed by atoms with van der Waals surface area (Å²) in [6.07, 6.45) is -0.488. The van der Waals surface area contributed by atoms with E-state index in [0.29, 0.717) is 13.2 Å². The fourth-order valence-corrected chi connectivity index (χ4v) is 2.49. The molecule has 1 fully saturated rings. The quantitative estimate of drug-likeness (QED) is 0.674. The van der Waals surface area contributed by atoms with Crippen molar-refractivity contribution < 1.29 is 14.6 Å². The summed E-state index contributed by atoms with van der Waals surface area (Å²) in [5.41, 5.74) is 2.27. The Hall–Kier alpha value is -1.40. The Bertz CT molecular complexity index is 487. The zero-order chi connectivity index (χ0) is 16.5. The molecule has 2 rings (SSSR count). The molecule has 0 spiro atoms. The molecule has 2 N–H and O–H groups in total. The lowest BCUT2D eigenvalue weighted by molar-refractivity contribution is 0.00465. The van der Waals surface area contributed by atoms with Gasteiger partial charge in [0.25, 0.3) is 0 Å². The van der Waals surface area contributed by atoms with E-state index >= 15 is 0 Å². The summed E-state index contributed by atoms with van der Waals surface area (Å²) in [5.74, 6) is 0.792. The molecule has 1 saturated heterocycles. The van der Waals surface area contributed by atoms with Gasteiger partial charge in [0.2, 0.25) is 0 Å². The van der Waals surface area contributed by atoms with Crippen LogP contribution in [0.15, 0.2) is 36.4 Å². The third-order valence-corrected chi connectivity index (χ3v) is 3.67. The Labute approximate surface area is 138 Å². The number of ether oxygens (including phenoxy) is 2. The maximum atomic E-state index is 10.1. The van der Waals surface area contributed by atoms with Gasteiger partial charge in [0, 0.05) is 32.7 Å². The molecule has 5 heteroatoms. The van der Waals surface area contributed by atoms with E-state index in [1.165, 1.54) is 0 Å². The zero-order valence-corrected chi connectivity index (χ0v) is 14.0. The van der Waals surface area contributed by atoms with Gasteiger partial charge in [-0.15, -0.1) is 0 Å². The molecule has 1 aromatic rings. The Morgan fingerprint density at radius 2 is 2.22 bits per heavy atom. The molecule has 0 aliphatic carbocycles. The molecule has 0 aromatic heterocycles. The lowest BCUT2D eigenvalue weighted by Crippen LogP contribution is -2.42. The van der Waals surface area contributed by atoms with E-state index in [4.69, 9.17) is 9.47 Å². The number of benzene rings is 1. The Kier molecular flexibility index (Phi) is 7.55. The third-order valence-electron chi connectivity index (χ3n) is 3.67. The normalized spacial score (nSPS) is 17.0. The van der Waals surface area contributed by atoms with E-state index < -0.39 is 6.10 Å². The van der Waals surface area contributed by atoms with Crippen molar-refractivity contribution in [1.82, 2.24) is 10.2 Å². The van der Waals surface area contributed by atoms with Gasteiger partial charge in [0.1, 0.15) is 18.5 Å². The highest BCUT2D eigenvalue weighted by atomic mass is 16.5. The van der Waals surface area contributed by atoms with Crippen LogP contribution in [0.4, 0.5) is 0 Å². The number of β-amino-alcohol motifs (C(OH)–C–C–N with tert-alkyl or cyclic N) is 1. The Balaban J connectivity index is 1.72. The van der Waals surface area contributed by atoms with Gasteiger partial charge in [-0.1, -0.05) is 24.3 Å². The van der Waals surface area contributed by atoms with Gasteiger partial charge in [-0.25, -0.2) is 0 Å². The molecule has 0 amide bonds. The van der Waals surface area contributed by atoms with Crippen molar-refractivity contribution in [3.05, 3.63) is 42.0 Å². The Morgan fingerprint density at radius 3 is 2.96 bits per heavy atom. The van der Waals surface area contributed by atoms with Crippen LogP contribution in [-0.4, -0.2) is 62.1 Å². The number of morpholine rings is 1. The average molecular weight is 320 g/mol. The van der Waals surface area contributed by atoms with Crippen LogP contribution in [0.3, 0.4) is 0 Å². The van der Waals surface area contributed by atoms with Crippen LogP contribution in [0.2, 0.25) is 0 Å². The number of nitrogens with one attached hydrogen (secondary N) is 1. The smallest absolute Gasteiger partial charge is 0.119 e. The summed E-state index contributed by atoms with van der Waals surface area (Å²) < 4.78 is 11.0. The second kappa shape index (κ2) is 9.67. The van der Waals surface area contributed by atoms with E-state index in [0.717, 1.165) is 56.3 Å². The number of hydrogen-bond donors (Lipinski definition) is 2. The molecule has 0 bridgehead atoms. The lowest BCUT2D eigenvalue weighted by Gasteiger charge is -2.28. The molecular formula is C18H28N2O3. The van der Waals surface area contributed by atoms with Gasteiger partial charge >= 0.3 is 0 Å². The fourth-order valence-electron chi connectivity index (χ4n) is 2.49. The molecule has 1 aromatic carbocycles. The first-order chi connectivity index (χ1) is 11.1. The molecular weight excluding hydrogens is 292 g/mol. The summed E-state index contributed by atoms with van der Waals surface area (Å²) >= 11 is 0. The summed E-state index contributed by atoms with van der Waals surface area (Å²) in [5, 5.41) is 13.4. The minimum absolute atomic E-state index is 0.306. The first kappa shape index (κ1) is 17.9. The minimum atomic E-state index is -0.488. The predicted octanol–water partition coefficient (Wildman–Crippen LogP) is 1.42. The van der Waals surface area contributed by atoms with Crippen LogP contribution >= 0.6 is 0 Å². The van der Waals surface area contributed by atoms with Crippen LogP contribution in [0.5, 0.6) is 5.75 Å². The second-order valence-corrected chi connectivity index (χ2v) is 6.09. The van der Waals surface area contributed by atoms with Gasteiger partial charge in [-0.2, -0.15) is 0 Å². The van der Waals surface area contributed by atoms with Crippen molar-refractivity contribution in [3.8, 4) is 5.75 Å². The molecule has 0 saturated carbocycles. The topological polar surface area (TPSA) is 54.0 Å². The molecule has 1 aliphatic rings. The van der Waals surface area contributed by atoms with Gasteiger partial charge in [0.05, 0.1) is 13.2 Å². The van der Waals surface area contributed by atoms with E-state index in [9.17, 15) is 5.11 Å². The number of rotatable bonds is 9. The predicted molar refractivity (Wildman–Crippen MR) is 91.7 cm³/mol. The number of aliphatic hydroxyl groups is 1. The van der Waals surface area contributed by atoms with Crippen molar-refractivity contribution in [3.63, 3.8) is 0 Å². The molecule has 128 valence electrons. The maximum Gasteiger partial charge on any atom is 0.119 e. The van der Waals surface area contributed by atoms with Crippen LogP contribution in [0.25, 0.3) is 0 Å². The third kappa shape index (κ3) is 7.14. The van der Waals surface area contributed by atoms with Gasteiger partial charge < -0.3 is 19.9 Å². The van der Waals surface area contributed by atoms with E-state index in [-0.39, 0.29) is 0 Å². The second-order valence-electron chi connectivity index (χ2n) is 6.09. The largest absolute Gasteiger partial charge is 0.491 e. The highest BCUT2D eigenvalue weighted by Crippen LogP contribution is 2.14. The first-order valence-corrected chi connectivity index (χ1v) is 8.18. The van der Waals surface area contributed by atoms with E-state index in [2.05, 4.69) is 22.9 Å². The van der Waals surface area contributed by atoms with E-state index in [1.54, 1.807) is 0 Å². The number of nitrogens with zero attached hydrogens (tertiary/aromatic N) is 1. The van der Waals surface area contributed by atoms with Gasteiger partial charge in [-0.3, -0.25) is 4.90 Å². The molecule has 1 heterocycles. The molecule has 23 heavy (non-hydrogen) atoms. The first-order valence-electron chi connectivity index (χ1n) is 8.18. The highest BCUT2D eigenvalue weighted by molar-refractivity contribution is 5.28.